The molecule has 0 spiro atoms. The summed E-state index contributed by atoms with van der Waals surface area (Å²) in [5, 5.41) is 4.21. The van der Waals surface area contributed by atoms with Gasteiger partial charge in [0.2, 0.25) is 0 Å². The Morgan fingerprint density at radius 1 is 1.19 bits per heavy atom. The van der Waals surface area contributed by atoms with Crippen LogP contribution >= 0.6 is 11.6 Å². The van der Waals surface area contributed by atoms with E-state index in [9.17, 15) is 0 Å². The summed E-state index contributed by atoms with van der Waals surface area (Å²) in [5.41, 5.74) is 4.51. The van der Waals surface area contributed by atoms with Gasteiger partial charge in [-0.15, -0.1) is 0 Å². The van der Waals surface area contributed by atoms with Gasteiger partial charge in [-0.3, -0.25) is 0 Å². The lowest BCUT2D eigenvalue weighted by atomic mass is 10.2. The SMILES string of the molecule is Cc1ccc2nc(CCNCc3ccccc3Cl)[nH]c2c1. The summed E-state index contributed by atoms with van der Waals surface area (Å²) in [4.78, 5) is 7.96. The van der Waals surface area contributed by atoms with Crippen LogP contribution in [0.4, 0.5) is 0 Å². The molecule has 1 aromatic heterocycles. The maximum Gasteiger partial charge on any atom is 0.108 e. The van der Waals surface area contributed by atoms with Gasteiger partial charge in [0.1, 0.15) is 5.82 Å². The summed E-state index contributed by atoms with van der Waals surface area (Å²) in [6, 6.07) is 14.2. The minimum Gasteiger partial charge on any atom is -0.342 e. The van der Waals surface area contributed by atoms with E-state index in [-0.39, 0.29) is 0 Å². The smallest absolute Gasteiger partial charge is 0.108 e. The maximum absolute atomic E-state index is 6.13. The first-order valence-corrected chi connectivity index (χ1v) is 7.49. The average molecular weight is 300 g/mol. The monoisotopic (exact) mass is 299 g/mol. The maximum atomic E-state index is 6.13. The number of halogens is 1. The van der Waals surface area contributed by atoms with E-state index in [1.165, 1.54) is 5.56 Å². The highest BCUT2D eigenvalue weighted by molar-refractivity contribution is 6.31. The number of aromatic nitrogens is 2. The van der Waals surface area contributed by atoms with Crippen LogP contribution < -0.4 is 5.32 Å². The second kappa shape index (κ2) is 6.29. The zero-order valence-corrected chi connectivity index (χ0v) is 12.7. The summed E-state index contributed by atoms with van der Waals surface area (Å²) in [6.45, 7) is 3.73. The topological polar surface area (TPSA) is 40.7 Å². The normalized spacial score (nSPS) is 11.1. The summed E-state index contributed by atoms with van der Waals surface area (Å²) in [7, 11) is 0. The van der Waals surface area contributed by atoms with Gasteiger partial charge in [-0.05, 0) is 36.2 Å². The second-order valence-electron chi connectivity index (χ2n) is 5.22. The molecule has 0 aliphatic heterocycles. The molecule has 2 aromatic carbocycles. The first-order chi connectivity index (χ1) is 10.2. The molecule has 3 aromatic rings. The number of benzene rings is 2. The number of nitrogens with zero attached hydrogens (tertiary/aromatic N) is 1. The fraction of sp³-hybridized carbons (Fsp3) is 0.235. The van der Waals surface area contributed by atoms with E-state index >= 15 is 0 Å². The van der Waals surface area contributed by atoms with Crippen LogP contribution in [0.5, 0.6) is 0 Å². The molecule has 0 saturated carbocycles. The molecule has 0 bridgehead atoms. The summed E-state index contributed by atoms with van der Waals surface area (Å²) < 4.78 is 0. The van der Waals surface area contributed by atoms with E-state index < -0.39 is 0 Å². The summed E-state index contributed by atoms with van der Waals surface area (Å²) >= 11 is 6.13. The number of aromatic amines is 1. The molecule has 0 aliphatic carbocycles. The van der Waals surface area contributed by atoms with Gasteiger partial charge in [-0.1, -0.05) is 35.9 Å². The molecule has 0 saturated heterocycles. The van der Waals surface area contributed by atoms with Crippen LogP contribution in [-0.2, 0) is 13.0 Å². The lowest BCUT2D eigenvalue weighted by molar-refractivity contribution is 0.675. The van der Waals surface area contributed by atoms with Crippen molar-refractivity contribution in [3.05, 3.63) is 64.4 Å². The van der Waals surface area contributed by atoms with Crippen LogP contribution in [-0.4, -0.2) is 16.5 Å². The Labute approximate surface area is 129 Å². The molecule has 0 unspecified atom stereocenters. The first kappa shape index (κ1) is 14.1. The van der Waals surface area contributed by atoms with Gasteiger partial charge in [-0.25, -0.2) is 4.98 Å². The van der Waals surface area contributed by atoms with Gasteiger partial charge in [0.15, 0.2) is 0 Å². The first-order valence-electron chi connectivity index (χ1n) is 7.12. The van der Waals surface area contributed by atoms with Crippen LogP contribution in [0.3, 0.4) is 0 Å². The Balaban J connectivity index is 1.56. The molecule has 3 nitrogen and oxygen atoms in total. The van der Waals surface area contributed by atoms with Crippen LogP contribution in [0.25, 0.3) is 11.0 Å². The Morgan fingerprint density at radius 2 is 2.05 bits per heavy atom. The third-order valence-corrected chi connectivity index (χ3v) is 3.87. The van der Waals surface area contributed by atoms with Crippen molar-refractivity contribution in [1.82, 2.24) is 15.3 Å². The van der Waals surface area contributed by atoms with Crippen molar-refractivity contribution < 1.29 is 0 Å². The zero-order valence-electron chi connectivity index (χ0n) is 12.0. The third-order valence-electron chi connectivity index (χ3n) is 3.50. The summed E-state index contributed by atoms with van der Waals surface area (Å²) in [5.74, 6) is 1.02. The average Bonchev–Trinajstić information content (AvgIpc) is 2.87. The minimum atomic E-state index is 0.777. The third kappa shape index (κ3) is 3.43. The molecule has 21 heavy (non-hydrogen) atoms. The Hall–Kier alpha value is -1.84. The van der Waals surface area contributed by atoms with Gasteiger partial charge in [0, 0.05) is 24.5 Å². The van der Waals surface area contributed by atoms with Crippen molar-refractivity contribution in [2.24, 2.45) is 0 Å². The lowest BCUT2D eigenvalue weighted by Gasteiger charge is -2.05. The van der Waals surface area contributed by atoms with E-state index in [2.05, 4.69) is 40.4 Å². The number of hydrogen-bond donors (Lipinski definition) is 2. The largest absolute Gasteiger partial charge is 0.342 e. The minimum absolute atomic E-state index is 0.777. The van der Waals surface area contributed by atoms with Crippen LogP contribution in [0.2, 0.25) is 5.02 Å². The highest BCUT2D eigenvalue weighted by Crippen LogP contribution is 2.15. The molecule has 108 valence electrons. The van der Waals surface area contributed by atoms with Gasteiger partial charge in [0.05, 0.1) is 11.0 Å². The Bertz CT molecular complexity index is 749. The van der Waals surface area contributed by atoms with Crippen molar-refractivity contribution in [3.8, 4) is 0 Å². The fourth-order valence-electron chi connectivity index (χ4n) is 2.37. The molecule has 1 heterocycles. The number of H-pyrrole nitrogens is 1. The van der Waals surface area contributed by atoms with E-state index in [0.717, 1.165) is 47.0 Å². The molecule has 4 heteroatoms. The molecule has 2 N–H and O–H groups in total. The molecule has 0 aliphatic rings. The predicted octanol–water partition coefficient (Wildman–Crippen LogP) is 3.86. The van der Waals surface area contributed by atoms with Gasteiger partial charge >= 0.3 is 0 Å². The number of hydrogen-bond acceptors (Lipinski definition) is 2. The number of nitrogens with one attached hydrogen (secondary N) is 2. The van der Waals surface area contributed by atoms with Gasteiger partial charge < -0.3 is 10.3 Å². The molecule has 3 rings (SSSR count). The van der Waals surface area contributed by atoms with Crippen molar-refractivity contribution in [3.63, 3.8) is 0 Å². The van der Waals surface area contributed by atoms with Gasteiger partial charge in [-0.2, -0.15) is 0 Å². The number of fused-ring (bicyclic) bond motifs is 1. The Kier molecular flexibility index (Phi) is 4.23. The van der Waals surface area contributed by atoms with Crippen molar-refractivity contribution in [1.29, 1.82) is 0 Å². The number of imidazole rings is 1. The highest BCUT2D eigenvalue weighted by Gasteiger charge is 2.03. The van der Waals surface area contributed by atoms with Crippen LogP contribution in [0, 0.1) is 6.92 Å². The van der Waals surface area contributed by atoms with Crippen LogP contribution in [0.15, 0.2) is 42.5 Å². The quantitative estimate of drug-likeness (QED) is 0.702. The zero-order chi connectivity index (χ0) is 14.7. The standard InChI is InChI=1S/C17H18ClN3/c1-12-6-7-15-16(10-12)21-17(20-15)8-9-19-11-13-4-2-3-5-14(13)18/h2-7,10,19H,8-9,11H2,1H3,(H,20,21). The van der Waals surface area contributed by atoms with Crippen molar-refractivity contribution in [2.45, 2.75) is 19.9 Å². The molecule has 0 radical (unpaired) electrons. The van der Waals surface area contributed by atoms with E-state index in [1.54, 1.807) is 0 Å². The lowest BCUT2D eigenvalue weighted by Crippen LogP contribution is -2.17. The summed E-state index contributed by atoms with van der Waals surface area (Å²) in [6.07, 6.45) is 0.873. The van der Waals surface area contributed by atoms with Gasteiger partial charge in [0.25, 0.3) is 0 Å². The predicted molar refractivity (Wildman–Crippen MR) is 87.7 cm³/mol. The molecule has 0 amide bonds. The van der Waals surface area contributed by atoms with E-state index in [0.29, 0.717) is 0 Å². The number of rotatable bonds is 5. The van der Waals surface area contributed by atoms with Crippen LogP contribution in [0.1, 0.15) is 17.0 Å². The Morgan fingerprint density at radius 3 is 2.90 bits per heavy atom. The second-order valence-corrected chi connectivity index (χ2v) is 5.63. The highest BCUT2D eigenvalue weighted by atomic mass is 35.5. The van der Waals surface area contributed by atoms with E-state index in [4.69, 9.17) is 11.6 Å². The van der Waals surface area contributed by atoms with E-state index in [1.807, 2.05) is 24.3 Å². The molecule has 0 atom stereocenters. The fourth-order valence-corrected chi connectivity index (χ4v) is 2.57. The van der Waals surface area contributed by atoms with Crippen molar-refractivity contribution >= 4 is 22.6 Å². The van der Waals surface area contributed by atoms with Crippen molar-refractivity contribution in [2.75, 3.05) is 6.54 Å². The molecule has 0 fully saturated rings. The number of aryl methyl sites for hydroxylation is 1. The molecular formula is C17H18ClN3. The molecular weight excluding hydrogens is 282 g/mol.